The van der Waals surface area contributed by atoms with Crippen LogP contribution in [0.4, 0.5) is 20.4 Å². The number of piperazine rings is 1. The van der Waals surface area contributed by atoms with Crippen LogP contribution in [-0.4, -0.2) is 82.0 Å². The fraction of sp³-hybridized carbons (Fsp3) is 0.440. The fourth-order valence-electron chi connectivity index (χ4n) is 5.06. The molecule has 1 aromatic carbocycles. The number of aromatic nitrogens is 4. The monoisotopic (exact) mass is 531 g/mol. The van der Waals surface area contributed by atoms with E-state index in [0.717, 1.165) is 55.6 Å². The van der Waals surface area contributed by atoms with Gasteiger partial charge in [-0.15, -0.1) is 0 Å². The van der Waals surface area contributed by atoms with E-state index in [2.05, 4.69) is 36.8 Å². The molecule has 0 bridgehead atoms. The number of alkyl halides is 2. The van der Waals surface area contributed by atoms with Crippen molar-refractivity contribution in [3.05, 3.63) is 53.1 Å². The first-order chi connectivity index (χ1) is 17.8. The molecule has 0 radical (unpaired) electrons. The van der Waals surface area contributed by atoms with E-state index in [1.54, 1.807) is 18.5 Å². The van der Waals surface area contributed by atoms with Crippen molar-refractivity contribution in [1.29, 1.82) is 0 Å². The highest BCUT2D eigenvalue weighted by Crippen LogP contribution is 2.37. The maximum Gasteiger partial charge on any atom is 0.339 e. The first kappa shape index (κ1) is 25.3. The van der Waals surface area contributed by atoms with E-state index in [1.807, 2.05) is 12.1 Å². The van der Waals surface area contributed by atoms with Crippen LogP contribution >= 0.6 is 11.6 Å². The lowest BCUT2D eigenvalue weighted by Crippen LogP contribution is -2.45. The number of hydrogen-bond donors (Lipinski definition) is 1. The molecule has 2 fully saturated rings. The van der Waals surface area contributed by atoms with Gasteiger partial charge in [-0.1, -0.05) is 17.7 Å². The number of rotatable bonds is 6. The van der Waals surface area contributed by atoms with Crippen LogP contribution in [0, 0.1) is 0 Å². The lowest BCUT2D eigenvalue weighted by molar-refractivity contribution is 0.0681. The number of piperidine rings is 1. The normalized spacial score (nSPS) is 19.0. The quantitative estimate of drug-likeness (QED) is 0.505. The number of hydrogen-bond acceptors (Lipinski definition) is 7. The van der Waals surface area contributed by atoms with Crippen molar-refractivity contribution in [1.82, 2.24) is 24.6 Å². The van der Waals surface area contributed by atoms with Gasteiger partial charge < -0.3 is 19.8 Å². The highest BCUT2D eigenvalue weighted by Gasteiger charge is 2.31. The van der Waals surface area contributed by atoms with Crippen LogP contribution in [0.5, 0.6) is 0 Å². The van der Waals surface area contributed by atoms with Gasteiger partial charge in [-0.2, -0.15) is 5.10 Å². The minimum atomic E-state index is -2.94. The van der Waals surface area contributed by atoms with Gasteiger partial charge in [0.1, 0.15) is 11.3 Å². The summed E-state index contributed by atoms with van der Waals surface area (Å²) in [6, 6.07) is 5.16. The zero-order valence-electron chi connectivity index (χ0n) is 20.4. The number of halogens is 3. The summed E-state index contributed by atoms with van der Waals surface area (Å²) in [7, 11) is 2.10. The molecule has 0 spiro atoms. The second-order valence-corrected chi connectivity index (χ2v) is 9.90. The summed E-state index contributed by atoms with van der Waals surface area (Å²) in [4.78, 5) is 27.2. The molecule has 2 aliphatic heterocycles. The third kappa shape index (κ3) is 5.24. The van der Waals surface area contributed by atoms with Gasteiger partial charge in [0.15, 0.2) is 0 Å². The smallest absolute Gasteiger partial charge is 0.339 e. The van der Waals surface area contributed by atoms with E-state index in [4.69, 9.17) is 11.6 Å². The topological polar surface area (TPSA) is 90.6 Å². The standard InChI is InChI=1S/C25H28ClF2N7O2/c1-32-7-9-33(10-8-32)25-29-12-16(13-30-25)19-5-4-17(26)11-21(19)34-6-2-3-18(15-34)35-22(23(27)28)20(14-31-35)24(36)37/h4-5,11-14,18,23H,2-3,6-10,15H2,1H3,(H,36,37). The molecule has 0 amide bonds. The SMILES string of the molecule is CN1CCN(c2ncc(-c3ccc(Cl)cc3N3CCCC(n4ncc(C(=O)O)c4C(F)F)C3)cn2)CC1. The molecule has 37 heavy (non-hydrogen) atoms. The summed E-state index contributed by atoms with van der Waals surface area (Å²) in [5, 5.41) is 13.9. The minimum Gasteiger partial charge on any atom is -0.478 e. The molecule has 1 N–H and O–H groups in total. The molecule has 0 aliphatic carbocycles. The molecule has 12 heteroatoms. The van der Waals surface area contributed by atoms with Crippen molar-refractivity contribution in [3.63, 3.8) is 0 Å². The Bertz CT molecular complexity index is 1260. The van der Waals surface area contributed by atoms with Gasteiger partial charge in [-0.05, 0) is 32.0 Å². The van der Waals surface area contributed by atoms with Crippen molar-refractivity contribution in [2.24, 2.45) is 0 Å². The van der Waals surface area contributed by atoms with Crippen molar-refractivity contribution in [2.45, 2.75) is 25.3 Å². The highest BCUT2D eigenvalue weighted by molar-refractivity contribution is 6.31. The Balaban J connectivity index is 1.42. The van der Waals surface area contributed by atoms with Gasteiger partial charge in [0.05, 0.1) is 12.2 Å². The first-order valence-electron chi connectivity index (χ1n) is 12.2. The van der Waals surface area contributed by atoms with Gasteiger partial charge >= 0.3 is 5.97 Å². The summed E-state index contributed by atoms with van der Waals surface area (Å²) in [6.07, 6.45) is 3.00. The molecular weight excluding hydrogens is 504 g/mol. The van der Waals surface area contributed by atoms with Crippen molar-refractivity contribution in [2.75, 3.05) is 56.1 Å². The molecule has 2 aliphatic rings. The number of aromatic carboxylic acids is 1. The molecular formula is C25H28ClF2N7O2. The van der Waals surface area contributed by atoms with Gasteiger partial charge in [0, 0.05) is 73.5 Å². The zero-order valence-corrected chi connectivity index (χ0v) is 21.2. The first-order valence-corrected chi connectivity index (χ1v) is 12.6. The Labute approximate surface area is 218 Å². The lowest BCUT2D eigenvalue weighted by atomic mass is 10.0. The molecule has 9 nitrogen and oxygen atoms in total. The van der Waals surface area contributed by atoms with E-state index in [0.29, 0.717) is 30.5 Å². The molecule has 2 aromatic heterocycles. The Morgan fingerprint density at radius 3 is 2.49 bits per heavy atom. The predicted molar refractivity (Wildman–Crippen MR) is 137 cm³/mol. The van der Waals surface area contributed by atoms with Crippen molar-refractivity contribution < 1.29 is 18.7 Å². The van der Waals surface area contributed by atoms with E-state index >= 15 is 0 Å². The van der Waals surface area contributed by atoms with Crippen LogP contribution in [0.25, 0.3) is 11.1 Å². The van der Waals surface area contributed by atoms with E-state index in [-0.39, 0.29) is 0 Å². The number of carboxylic acid groups (broad SMARTS) is 1. The van der Waals surface area contributed by atoms with Gasteiger partial charge in [0.25, 0.3) is 6.43 Å². The van der Waals surface area contributed by atoms with Gasteiger partial charge in [-0.3, -0.25) is 4.68 Å². The van der Waals surface area contributed by atoms with Crippen LogP contribution in [0.3, 0.4) is 0 Å². The van der Waals surface area contributed by atoms with Gasteiger partial charge in [-0.25, -0.2) is 23.5 Å². The molecule has 1 atom stereocenters. The largest absolute Gasteiger partial charge is 0.478 e. The summed E-state index contributed by atoms with van der Waals surface area (Å²) in [5.41, 5.74) is 1.53. The summed E-state index contributed by atoms with van der Waals surface area (Å²) < 4.78 is 28.8. The van der Waals surface area contributed by atoms with Crippen LogP contribution in [0.15, 0.2) is 36.8 Å². The second kappa shape index (κ2) is 10.6. The fourth-order valence-corrected chi connectivity index (χ4v) is 5.23. The molecule has 196 valence electrons. The van der Waals surface area contributed by atoms with Crippen molar-refractivity contribution >= 4 is 29.2 Å². The van der Waals surface area contributed by atoms with Crippen LogP contribution in [-0.2, 0) is 0 Å². The van der Waals surface area contributed by atoms with Crippen LogP contribution < -0.4 is 9.80 Å². The van der Waals surface area contributed by atoms with Crippen LogP contribution in [0.1, 0.15) is 41.4 Å². The molecule has 3 aromatic rings. The second-order valence-electron chi connectivity index (χ2n) is 9.46. The average Bonchev–Trinajstić information content (AvgIpc) is 3.36. The molecule has 0 saturated carbocycles. The molecule has 4 heterocycles. The third-order valence-corrected chi connectivity index (χ3v) is 7.28. The molecule has 2 saturated heterocycles. The number of benzene rings is 1. The maximum atomic E-state index is 13.8. The highest BCUT2D eigenvalue weighted by atomic mass is 35.5. The summed E-state index contributed by atoms with van der Waals surface area (Å²) in [5.74, 6) is -0.718. The third-order valence-electron chi connectivity index (χ3n) is 7.05. The number of anilines is 2. The zero-order chi connectivity index (χ0) is 26.1. The number of likely N-dealkylation sites (N-methyl/N-ethyl adjacent to an activating group) is 1. The average molecular weight is 532 g/mol. The maximum absolute atomic E-state index is 13.8. The van der Waals surface area contributed by atoms with Gasteiger partial charge in [0.2, 0.25) is 5.95 Å². The lowest BCUT2D eigenvalue weighted by Gasteiger charge is -2.36. The van der Waals surface area contributed by atoms with Crippen LogP contribution in [0.2, 0.25) is 5.02 Å². The molecule has 1 unspecified atom stereocenters. The number of carboxylic acids is 1. The Hall–Kier alpha value is -3.31. The predicted octanol–water partition coefficient (Wildman–Crippen LogP) is 4.22. The number of carbonyl (C=O) groups is 1. The Kier molecular flexibility index (Phi) is 7.25. The minimum absolute atomic E-state index is 0.383. The van der Waals surface area contributed by atoms with E-state index in [9.17, 15) is 18.7 Å². The Morgan fingerprint density at radius 2 is 1.81 bits per heavy atom. The van der Waals surface area contributed by atoms with E-state index in [1.165, 1.54) is 4.68 Å². The summed E-state index contributed by atoms with van der Waals surface area (Å²) in [6.45, 7) is 4.74. The summed E-state index contributed by atoms with van der Waals surface area (Å²) >= 11 is 6.37. The number of nitrogens with zero attached hydrogens (tertiary/aromatic N) is 7. The molecule has 5 rings (SSSR count). The van der Waals surface area contributed by atoms with Crippen molar-refractivity contribution in [3.8, 4) is 11.1 Å². The Morgan fingerprint density at radius 1 is 1.08 bits per heavy atom. The van der Waals surface area contributed by atoms with E-state index < -0.39 is 29.7 Å².